The van der Waals surface area contributed by atoms with Crippen LogP contribution in [0.2, 0.25) is 0 Å². The maximum Gasteiger partial charge on any atom is 0.186 e. The molecular formula is C14H23N3OS. The molecule has 1 aliphatic heterocycles. The molecule has 2 atom stereocenters. The van der Waals surface area contributed by atoms with Crippen molar-refractivity contribution in [3.8, 4) is 0 Å². The number of thiazole rings is 1. The fraction of sp³-hybridized carbons (Fsp3) is 0.786. The summed E-state index contributed by atoms with van der Waals surface area (Å²) in [6, 6.07) is 0.968. The molecule has 0 saturated carbocycles. The molecule has 1 fully saturated rings. The molecule has 1 N–H and O–H groups in total. The van der Waals surface area contributed by atoms with Crippen molar-refractivity contribution in [2.24, 2.45) is 0 Å². The normalized spacial score (nSPS) is 27.4. The predicted octanol–water partition coefficient (Wildman–Crippen LogP) is 2.36. The van der Waals surface area contributed by atoms with E-state index in [4.69, 9.17) is 9.72 Å². The molecule has 1 saturated heterocycles. The van der Waals surface area contributed by atoms with Gasteiger partial charge in [-0.1, -0.05) is 18.3 Å². The van der Waals surface area contributed by atoms with Gasteiger partial charge < -0.3 is 15.0 Å². The van der Waals surface area contributed by atoms with Crippen LogP contribution in [0.15, 0.2) is 0 Å². The zero-order valence-electron chi connectivity index (χ0n) is 11.8. The Morgan fingerprint density at radius 1 is 1.53 bits per heavy atom. The molecule has 1 aliphatic carbocycles. The average Bonchev–Trinajstić information content (AvgIpc) is 2.84. The third kappa shape index (κ3) is 2.64. The largest absolute Gasteiger partial charge is 0.377 e. The van der Waals surface area contributed by atoms with Crippen LogP contribution in [-0.2, 0) is 11.2 Å². The van der Waals surface area contributed by atoms with E-state index in [9.17, 15) is 0 Å². The van der Waals surface area contributed by atoms with Crippen LogP contribution in [0.5, 0.6) is 0 Å². The van der Waals surface area contributed by atoms with Crippen LogP contribution in [0.4, 0.5) is 5.13 Å². The lowest BCUT2D eigenvalue weighted by Crippen LogP contribution is -2.43. The Hall–Kier alpha value is -0.650. The molecule has 106 valence electrons. The summed E-state index contributed by atoms with van der Waals surface area (Å²) in [7, 11) is 0. The Morgan fingerprint density at radius 2 is 2.42 bits per heavy atom. The number of ether oxygens (including phenoxy) is 1. The van der Waals surface area contributed by atoms with Gasteiger partial charge in [-0.25, -0.2) is 4.98 Å². The second-order valence-corrected chi connectivity index (χ2v) is 6.44. The highest BCUT2D eigenvalue weighted by Crippen LogP contribution is 2.38. The summed E-state index contributed by atoms with van der Waals surface area (Å²) in [5, 5.41) is 4.79. The van der Waals surface area contributed by atoms with Crippen molar-refractivity contribution in [3.63, 3.8) is 0 Å². The van der Waals surface area contributed by atoms with Gasteiger partial charge in [0, 0.05) is 17.5 Å². The fourth-order valence-corrected chi connectivity index (χ4v) is 4.33. The van der Waals surface area contributed by atoms with Crippen molar-refractivity contribution in [2.45, 2.75) is 45.2 Å². The van der Waals surface area contributed by atoms with Gasteiger partial charge in [0.1, 0.15) is 0 Å². The van der Waals surface area contributed by atoms with Gasteiger partial charge in [0.2, 0.25) is 0 Å². The minimum atomic E-state index is 0.443. The first-order chi connectivity index (χ1) is 9.29. The van der Waals surface area contributed by atoms with Crippen molar-refractivity contribution in [2.75, 3.05) is 31.2 Å². The minimum Gasteiger partial charge on any atom is -0.377 e. The number of nitrogens with one attached hydrogen (secondary N) is 1. The molecular weight excluding hydrogens is 258 g/mol. The molecule has 0 aromatic carbocycles. The van der Waals surface area contributed by atoms with E-state index in [1.54, 1.807) is 0 Å². The van der Waals surface area contributed by atoms with Gasteiger partial charge in [0.05, 0.1) is 24.9 Å². The Bertz CT molecular complexity index is 434. The van der Waals surface area contributed by atoms with Gasteiger partial charge in [-0.2, -0.15) is 0 Å². The Balaban J connectivity index is 1.84. The first-order valence-electron chi connectivity index (χ1n) is 7.37. The van der Waals surface area contributed by atoms with Crippen LogP contribution in [0, 0.1) is 0 Å². The molecule has 2 heterocycles. The van der Waals surface area contributed by atoms with Gasteiger partial charge >= 0.3 is 0 Å². The summed E-state index contributed by atoms with van der Waals surface area (Å²) in [4.78, 5) is 8.79. The number of anilines is 1. The second-order valence-electron chi connectivity index (χ2n) is 5.43. The molecule has 1 aromatic heterocycles. The molecule has 19 heavy (non-hydrogen) atoms. The number of rotatable bonds is 3. The van der Waals surface area contributed by atoms with E-state index in [1.807, 2.05) is 11.3 Å². The number of hydrogen-bond acceptors (Lipinski definition) is 5. The summed E-state index contributed by atoms with van der Waals surface area (Å²) in [5.74, 6) is 0. The number of hydrogen-bond donors (Lipinski definition) is 1. The molecule has 0 spiro atoms. The van der Waals surface area contributed by atoms with E-state index < -0.39 is 0 Å². The number of nitrogens with zero attached hydrogens (tertiary/aromatic N) is 2. The molecule has 0 bridgehead atoms. The molecule has 2 unspecified atom stereocenters. The van der Waals surface area contributed by atoms with Gasteiger partial charge in [0.15, 0.2) is 5.13 Å². The summed E-state index contributed by atoms with van der Waals surface area (Å²) in [6.07, 6.45) is 3.65. The lowest BCUT2D eigenvalue weighted by Gasteiger charge is -2.32. The maximum atomic E-state index is 5.52. The number of fused-ring (bicyclic) bond motifs is 1. The van der Waals surface area contributed by atoms with Gasteiger partial charge in [-0.15, -0.1) is 0 Å². The van der Waals surface area contributed by atoms with Crippen LogP contribution in [0.1, 0.15) is 43.3 Å². The Labute approximate surface area is 119 Å². The summed E-state index contributed by atoms with van der Waals surface area (Å²) in [6.45, 7) is 8.05. The quantitative estimate of drug-likeness (QED) is 0.923. The third-order valence-corrected chi connectivity index (χ3v) is 5.25. The predicted molar refractivity (Wildman–Crippen MR) is 79.1 cm³/mol. The highest BCUT2D eigenvalue weighted by molar-refractivity contribution is 7.15. The molecule has 0 radical (unpaired) electrons. The first-order valence-corrected chi connectivity index (χ1v) is 8.18. The molecule has 1 aromatic rings. The number of morpholine rings is 1. The summed E-state index contributed by atoms with van der Waals surface area (Å²) >= 11 is 1.89. The monoisotopic (exact) mass is 281 g/mol. The number of aromatic nitrogens is 1. The van der Waals surface area contributed by atoms with Crippen molar-refractivity contribution in [1.29, 1.82) is 0 Å². The van der Waals surface area contributed by atoms with E-state index in [2.05, 4.69) is 24.1 Å². The van der Waals surface area contributed by atoms with Crippen LogP contribution in [0.3, 0.4) is 0 Å². The SMILES string of the molecule is CCNC1CCCc2nc(N3CCOCC3C)sc21. The standard InChI is InChI=1S/C14H23N3OS/c1-3-15-11-5-4-6-12-13(11)19-14(16-12)17-7-8-18-9-10(17)2/h10-11,15H,3-9H2,1-2H3. The Kier molecular flexibility index (Phi) is 4.05. The van der Waals surface area contributed by atoms with E-state index in [-0.39, 0.29) is 0 Å². The average molecular weight is 281 g/mol. The van der Waals surface area contributed by atoms with Crippen molar-refractivity contribution >= 4 is 16.5 Å². The van der Waals surface area contributed by atoms with Gasteiger partial charge in [-0.05, 0) is 32.7 Å². The van der Waals surface area contributed by atoms with Crippen LogP contribution < -0.4 is 10.2 Å². The zero-order chi connectivity index (χ0) is 13.2. The summed E-state index contributed by atoms with van der Waals surface area (Å²) < 4.78 is 5.52. The van der Waals surface area contributed by atoms with E-state index in [1.165, 1.54) is 28.5 Å². The van der Waals surface area contributed by atoms with Crippen LogP contribution in [-0.4, -0.2) is 37.3 Å². The zero-order valence-corrected chi connectivity index (χ0v) is 12.6. The molecule has 3 rings (SSSR count). The van der Waals surface area contributed by atoms with Gasteiger partial charge in [0.25, 0.3) is 0 Å². The van der Waals surface area contributed by atoms with Crippen molar-refractivity contribution in [1.82, 2.24) is 10.3 Å². The topological polar surface area (TPSA) is 37.4 Å². The first kappa shape index (κ1) is 13.3. The Morgan fingerprint density at radius 3 is 3.21 bits per heavy atom. The molecule has 5 heteroatoms. The van der Waals surface area contributed by atoms with E-state index >= 15 is 0 Å². The van der Waals surface area contributed by atoms with Crippen molar-refractivity contribution < 1.29 is 4.74 Å². The fourth-order valence-electron chi connectivity index (χ4n) is 2.98. The van der Waals surface area contributed by atoms with Crippen LogP contribution in [0.25, 0.3) is 0 Å². The van der Waals surface area contributed by atoms with Gasteiger partial charge in [-0.3, -0.25) is 0 Å². The maximum absolute atomic E-state index is 5.52. The van der Waals surface area contributed by atoms with E-state index in [0.717, 1.165) is 32.7 Å². The van der Waals surface area contributed by atoms with E-state index in [0.29, 0.717) is 12.1 Å². The third-order valence-electron chi connectivity index (χ3n) is 4.00. The smallest absolute Gasteiger partial charge is 0.186 e. The summed E-state index contributed by atoms with van der Waals surface area (Å²) in [5.41, 5.74) is 1.33. The van der Waals surface area contributed by atoms with Crippen LogP contribution >= 0.6 is 11.3 Å². The molecule has 0 amide bonds. The lowest BCUT2D eigenvalue weighted by atomic mass is 9.98. The van der Waals surface area contributed by atoms with Crippen molar-refractivity contribution in [3.05, 3.63) is 10.6 Å². The second kappa shape index (κ2) is 5.77. The highest BCUT2D eigenvalue weighted by Gasteiger charge is 2.28. The highest BCUT2D eigenvalue weighted by atomic mass is 32.1. The minimum absolute atomic E-state index is 0.443. The molecule has 4 nitrogen and oxygen atoms in total. The number of aryl methyl sites for hydroxylation is 1. The lowest BCUT2D eigenvalue weighted by molar-refractivity contribution is 0.0989. The molecule has 2 aliphatic rings.